The number of ether oxygens (including phenoxy) is 1. The second-order valence-corrected chi connectivity index (χ2v) is 3.85. The monoisotopic (exact) mass is 236 g/mol. The fourth-order valence-corrected chi connectivity index (χ4v) is 1.23. The third-order valence-corrected chi connectivity index (χ3v) is 2.42. The van der Waals surface area contributed by atoms with Gasteiger partial charge in [0.15, 0.2) is 5.78 Å². The van der Waals surface area contributed by atoms with Crippen molar-refractivity contribution in [1.29, 1.82) is 0 Å². The first-order chi connectivity index (χ1) is 8.04. The third kappa shape index (κ3) is 3.90. The molecule has 17 heavy (non-hydrogen) atoms. The van der Waals surface area contributed by atoms with Gasteiger partial charge >= 0.3 is 5.97 Å². The molecule has 4 heteroatoms. The summed E-state index contributed by atoms with van der Waals surface area (Å²) in [4.78, 5) is 21.9. The third-order valence-electron chi connectivity index (χ3n) is 2.42. The van der Waals surface area contributed by atoms with Crippen LogP contribution in [0.5, 0.6) is 5.75 Å². The summed E-state index contributed by atoms with van der Waals surface area (Å²) in [7, 11) is 0. The van der Waals surface area contributed by atoms with E-state index in [1.807, 2.05) is 0 Å². The SMILES string of the molecule is CCC(=O)c1ccc(OCC(C)C(=O)O)cc1. The van der Waals surface area contributed by atoms with Crippen LogP contribution in [0.3, 0.4) is 0 Å². The van der Waals surface area contributed by atoms with E-state index in [0.29, 0.717) is 17.7 Å². The molecule has 1 aromatic carbocycles. The molecule has 0 aromatic heterocycles. The zero-order valence-corrected chi connectivity index (χ0v) is 9.97. The summed E-state index contributed by atoms with van der Waals surface area (Å²) >= 11 is 0. The van der Waals surface area contributed by atoms with Crippen LogP contribution in [0.2, 0.25) is 0 Å². The molecule has 1 N–H and O–H groups in total. The Kier molecular flexibility index (Phi) is 4.69. The molecule has 0 amide bonds. The van der Waals surface area contributed by atoms with Crippen LogP contribution in [0.1, 0.15) is 30.6 Å². The molecular formula is C13H16O4. The smallest absolute Gasteiger partial charge is 0.309 e. The predicted octanol–water partition coefficient (Wildman–Crippen LogP) is 2.38. The molecule has 0 radical (unpaired) electrons. The summed E-state index contributed by atoms with van der Waals surface area (Å²) in [6.07, 6.45) is 0.469. The van der Waals surface area contributed by atoms with Gasteiger partial charge < -0.3 is 9.84 Å². The summed E-state index contributed by atoms with van der Waals surface area (Å²) < 4.78 is 5.31. The molecule has 0 saturated heterocycles. The molecule has 0 bridgehead atoms. The standard InChI is InChI=1S/C13H16O4/c1-3-12(14)10-4-6-11(7-5-10)17-8-9(2)13(15)16/h4-7,9H,3,8H2,1-2H3,(H,15,16). The van der Waals surface area contributed by atoms with Crippen molar-refractivity contribution < 1.29 is 19.4 Å². The van der Waals surface area contributed by atoms with E-state index in [1.165, 1.54) is 0 Å². The molecule has 0 aliphatic rings. The van der Waals surface area contributed by atoms with Gasteiger partial charge in [-0.3, -0.25) is 9.59 Å². The molecule has 4 nitrogen and oxygen atoms in total. The van der Waals surface area contributed by atoms with Gasteiger partial charge in [-0.1, -0.05) is 6.92 Å². The number of carbonyl (C=O) groups is 2. The maximum absolute atomic E-state index is 11.4. The van der Waals surface area contributed by atoms with Crippen LogP contribution in [0.15, 0.2) is 24.3 Å². The Labute approximate surface area is 100 Å². The number of ketones is 1. The van der Waals surface area contributed by atoms with Crippen molar-refractivity contribution in [1.82, 2.24) is 0 Å². The van der Waals surface area contributed by atoms with E-state index in [1.54, 1.807) is 38.1 Å². The Morgan fingerprint density at radius 2 is 1.88 bits per heavy atom. The lowest BCUT2D eigenvalue weighted by Gasteiger charge is -2.09. The zero-order valence-electron chi connectivity index (χ0n) is 9.97. The highest BCUT2D eigenvalue weighted by Gasteiger charge is 2.11. The first kappa shape index (κ1) is 13.2. The number of hydrogen-bond acceptors (Lipinski definition) is 3. The number of rotatable bonds is 6. The molecule has 0 saturated carbocycles. The van der Waals surface area contributed by atoms with E-state index in [9.17, 15) is 9.59 Å². The van der Waals surface area contributed by atoms with Crippen molar-refractivity contribution in [3.63, 3.8) is 0 Å². The van der Waals surface area contributed by atoms with E-state index in [-0.39, 0.29) is 12.4 Å². The predicted molar refractivity (Wildman–Crippen MR) is 63.4 cm³/mol. The molecule has 0 spiro atoms. The van der Waals surface area contributed by atoms with Gasteiger partial charge in [0, 0.05) is 12.0 Å². The topological polar surface area (TPSA) is 63.6 Å². The fourth-order valence-electron chi connectivity index (χ4n) is 1.23. The van der Waals surface area contributed by atoms with Crippen LogP contribution in [0.4, 0.5) is 0 Å². The Morgan fingerprint density at radius 3 is 2.35 bits per heavy atom. The van der Waals surface area contributed by atoms with Gasteiger partial charge in [-0.25, -0.2) is 0 Å². The Hall–Kier alpha value is -1.84. The van der Waals surface area contributed by atoms with Crippen molar-refractivity contribution in [2.75, 3.05) is 6.61 Å². The quantitative estimate of drug-likeness (QED) is 0.770. The van der Waals surface area contributed by atoms with Crippen LogP contribution in [0.25, 0.3) is 0 Å². The van der Waals surface area contributed by atoms with Crippen molar-refractivity contribution >= 4 is 11.8 Å². The van der Waals surface area contributed by atoms with Crippen LogP contribution in [-0.2, 0) is 4.79 Å². The molecule has 1 aromatic rings. The average Bonchev–Trinajstić information content (AvgIpc) is 2.35. The number of hydrogen-bond donors (Lipinski definition) is 1. The molecule has 1 rings (SSSR count). The van der Waals surface area contributed by atoms with Gasteiger partial charge in [0.05, 0.1) is 5.92 Å². The fraction of sp³-hybridized carbons (Fsp3) is 0.385. The number of aliphatic carboxylic acids is 1. The van der Waals surface area contributed by atoms with Gasteiger partial charge in [-0.2, -0.15) is 0 Å². The molecule has 1 atom stereocenters. The normalized spacial score (nSPS) is 11.9. The lowest BCUT2D eigenvalue weighted by Crippen LogP contribution is -2.17. The molecule has 0 aliphatic heterocycles. The summed E-state index contributed by atoms with van der Waals surface area (Å²) in [6, 6.07) is 6.73. The lowest BCUT2D eigenvalue weighted by molar-refractivity contribution is -0.142. The molecule has 0 heterocycles. The zero-order chi connectivity index (χ0) is 12.8. The molecule has 0 fully saturated rings. The Bertz CT molecular complexity index is 394. The average molecular weight is 236 g/mol. The van der Waals surface area contributed by atoms with E-state index >= 15 is 0 Å². The molecule has 1 unspecified atom stereocenters. The number of benzene rings is 1. The van der Waals surface area contributed by atoms with Gasteiger partial charge in [0.1, 0.15) is 12.4 Å². The summed E-state index contributed by atoms with van der Waals surface area (Å²) in [5.74, 6) is -0.782. The van der Waals surface area contributed by atoms with Gasteiger partial charge in [0.2, 0.25) is 0 Å². The highest BCUT2D eigenvalue weighted by atomic mass is 16.5. The van der Waals surface area contributed by atoms with Gasteiger partial charge in [-0.05, 0) is 31.2 Å². The first-order valence-corrected chi connectivity index (χ1v) is 5.53. The number of carboxylic acid groups (broad SMARTS) is 1. The Morgan fingerprint density at radius 1 is 1.29 bits per heavy atom. The van der Waals surface area contributed by atoms with E-state index in [2.05, 4.69) is 0 Å². The molecule has 0 aliphatic carbocycles. The second kappa shape index (κ2) is 6.03. The summed E-state index contributed by atoms with van der Waals surface area (Å²) in [6.45, 7) is 3.51. The number of Topliss-reactive ketones (excluding diaryl/α,β-unsaturated/α-hetero) is 1. The minimum Gasteiger partial charge on any atom is -0.493 e. The van der Waals surface area contributed by atoms with Crippen LogP contribution < -0.4 is 4.74 Å². The van der Waals surface area contributed by atoms with E-state index < -0.39 is 11.9 Å². The minimum absolute atomic E-state index is 0.0791. The van der Waals surface area contributed by atoms with E-state index in [0.717, 1.165) is 0 Å². The largest absolute Gasteiger partial charge is 0.493 e. The maximum Gasteiger partial charge on any atom is 0.309 e. The van der Waals surface area contributed by atoms with Crippen LogP contribution in [-0.4, -0.2) is 23.5 Å². The van der Waals surface area contributed by atoms with Crippen molar-refractivity contribution in [3.05, 3.63) is 29.8 Å². The van der Waals surface area contributed by atoms with Gasteiger partial charge in [-0.15, -0.1) is 0 Å². The number of carboxylic acids is 1. The van der Waals surface area contributed by atoms with Crippen molar-refractivity contribution in [2.24, 2.45) is 5.92 Å². The number of carbonyl (C=O) groups excluding carboxylic acids is 1. The highest BCUT2D eigenvalue weighted by molar-refractivity contribution is 5.95. The molecule has 92 valence electrons. The van der Waals surface area contributed by atoms with Crippen molar-refractivity contribution in [2.45, 2.75) is 20.3 Å². The van der Waals surface area contributed by atoms with Gasteiger partial charge in [0.25, 0.3) is 0 Å². The highest BCUT2D eigenvalue weighted by Crippen LogP contribution is 2.14. The maximum atomic E-state index is 11.4. The lowest BCUT2D eigenvalue weighted by atomic mass is 10.1. The first-order valence-electron chi connectivity index (χ1n) is 5.53. The van der Waals surface area contributed by atoms with Crippen LogP contribution >= 0.6 is 0 Å². The Balaban J connectivity index is 2.57. The molecular weight excluding hydrogens is 220 g/mol. The summed E-state index contributed by atoms with van der Waals surface area (Å²) in [5.41, 5.74) is 0.645. The van der Waals surface area contributed by atoms with E-state index in [4.69, 9.17) is 9.84 Å². The van der Waals surface area contributed by atoms with Crippen LogP contribution in [0, 0.1) is 5.92 Å². The minimum atomic E-state index is -0.886. The van der Waals surface area contributed by atoms with Crippen molar-refractivity contribution in [3.8, 4) is 5.75 Å². The summed E-state index contributed by atoms with van der Waals surface area (Å²) in [5, 5.41) is 8.68. The second-order valence-electron chi connectivity index (χ2n) is 3.85.